The molecule has 0 spiro atoms. The Balaban J connectivity index is 0.00000208. The minimum Gasteiger partial charge on any atom is -0.313 e. The summed E-state index contributed by atoms with van der Waals surface area (Å²) >= 11 is 6.06. The molecule has 1 N–H and O–H groups in total. The minimum atomic E-state index is -3.60. The molecule has 1 aromatic carbocycles. The molecule has 1 saturated heterocycles. The first kappa shape index (κ1) is 19.1. The van der Waals surface area contributed by atoms with Gasteiger partial charge < -0.3 is 5.32 Å². The third-order valence-electron chi connectivity index (χ3n) is 3.92. The van der Waals surface area contributed by atoms with Gasteiger partial charge in [0.05, 0.1) is 6.04 Å². The third kappa shape index (κ3) is 3.90. The Hall–Kier alpha value is -1.18. The molecule has 0 amide bonds. The Morgan fingerprint density at radius 2 is 2.08 bits per heavy atom. The first-order valence-electron chi connectivity index (χ1n) is 7.39. The monoisotopic (exact) mass is 387 g/mol. The van der Waals surface area contributed by atoms with Crippen LogP contribution in [0.15, 0.2) is 47.5 Å². The highest BCUT2D eigenvalue weighted by Crippen LogP contribution is 2.29. The van der Waals surface area contributed by atoms with Crippen molar-refractivity contribution in [1.82, 2.24) is 14.6 Å². The van der Waals surface area contributed by atoms with Crippen molar-refractivity contribution >= 4 is 34.0 Å². The molecule has 5 nitrogen and oxygen atoms in total. The van der Waals surface area contributed by atoms with Crippen LogP contribution >= 0.6 is 24.0 Å². The second kappa shape index (κ2) is 7.80. The molecular formula is C16H19Cl2N3O2S. The van der Waals surface area contributed by atoms with Gasteiger partial charge in [-0.2, -0.15) is 4.31 Å². The second-order valence-electron chi connectivity index (χ2n) is 5.53. The lowest BCUT2D eigenvalue weighted by Gasteiger charge is -2.35. The van der Waals surface area contributed by atoms with Crippen molar-refractivity contribution in [2.45, 2.75) is 17.9 Å². The summed E-state index contributed by atoms with van der Waals surface area (Å²) in [5, 5.41) is 3.85. The highest BCUT2D eigenvalue weighted by molar-refractivity contribution is 7.89. The fourth-order valence-electron chi connectivity index (χ4n) is 2.71. The maximum atomic E-state index is 13.0. The molecule has 130 valence electrons. The van der Waals surface area contributed by atoms with E-state index in [-0.39, 0.29) is 23.3 Å². The van der Waals surface area contributed by atoms with Gasteiger partial charge in [0.2, 0.25) is 10.0 Å². The van der Waals surface area contributed by atoms with Gasteiger partial charge in [-0.05, 0) is 36.8 Å². The first-order valence-corrected chi connectivity index (χ1v) is 9.21. The lowest BCUT2D eigenvalue weighted by molar-refractivity contribution is 0.271. The van der Waals surface area contributed by atoms with Crippen LogP contribution in [0.2, 0.25) is 5.02 Å². The summed E-state index contributed by atoms with van der Waals surface area (Å²) in [4.78, 5) is 4.33. The van der Waals surface area contributed by atoms with Crippen molar-refractivity contribution in [3.8, 4) is 0 Å². The van der Waals surface area contributed by atoms with E-state index in [1.165, 1.54) is 10.5 Å². The minimum absolute atomic E-state index is 0. The van der Waals surface area contributed by atoms with Crippen LogP contribution in [0, 0.1) is 6.92 Å². The molecule has 0 bridgehead atoms. The number of nitrogens with one attached hydrogen (secondary N) is 1. The summed E-state index contributed by atoms with van der Waals surface area (Å²) in [5.41, 5.74) is 1.67. The molecule has 8 heteroatoms. The molecule has 1 fully saturated rings. The van der Waals surface area contributed by atoms with Crippen molar-refractivity contribution in [2.24, 2.45) is 0 Å². The van der Waals surface area contributed by atoms with E-state index in [2.05, 4.69) is 10.3 Å². The van der Waals surface area contributed by atoms with Crippen LogP contribution in [-0.2, 0) is 10.0 Å². The predicted octanol–water partition coefficient (Wildman–Crippen LogP) is 2.80. The predicted molar refractivity (Wildman–Crippen MR) is 97.2 cm³/mol. The number of hydrogen-bond donors (Lipinski definition) is 1. The van der Waals surface area contributed by atoms with Crippen LogP contribution in [0.5, 0.6) is 0 Å². The van der Waals surface area contributed by atoms with E-state index < -0.39 is 10.0 Å². The molecule has 0 aliphatic carbocycles. The highest BCUT2D eigenvalue weighted by atomic mass is 35.5. The molecule has 2 aromatic rings. The number of rotatable bonds is 3. The molecule has 2 heterocycles. The summed E-state index contributed by atoms with van der Waals surface area (Å²) in [7, 11) is -3.60. The highest BCUT2D eigenvalue weighted by Gasteiger charge is 2.34. The lowest BCUT2D eigenvalue weighted by atomic mass is 10.1. The van der Waals surface area contributed by atoms with E-state index in [1.807, 2.05) is 25.1 Å². The summed E-state index contributed by atoms with van der Waals surface area (Å²) < 4.78 is 27.5. The quantitative estimate of drug-likeness (QED) is 0.879. The molecule has 0 radical (unpaired) electrons. The number of nitrogens with zero attached hydrogens (tertiary/aromatic N) is 2. The molecule has 24 heavy (non-hydrogen) atoms. The Morgan fingerprint density at radius 3 is 2.75 bits per heavy atom. The topological polar surface area (TPSA) is 62.3 Å². The van der Waals surface area contributed by atoms with Gasteiger partial charge in [-0.15, -0.1) is 12.4 Å². The fourth-order valence-corrected chi connectivity index (χ4v) is 4.47. The van der Waals surface area contributed by atoms with Crippen molar-refractivity contribution in [2.75, 3.05) is 19.6 Å². The van der Waals surface area contributed by atoms with Crippen LogP contribution in [-0.4, -0.2) is 37.3 Å². The summed E-state index contributed by atoms with van der Waals surface area (Å²) in [6, 6.07) is 10.4. The molecule has 1 atom stereocenters. The van der Waals surface area contributed by atoms with Gasteiger partial charge in [-0.25, -0.2) is 8.42 Å². The van der Waals surface area contributed by atoms with Crippen LogP contribution in [0.25, 0.3) is 0 Å². The summed E-state index contributed by atoms with van der Waals surface area (Å²) in [5.74, 6) is 0. The van der Waals surface area contributed by atoms with Gasteiger partial charge in [0.1, 0.15) is 4.90 Å². The fraction of sp³-hybridized carbons (Fsp3) is 0.312. The average molecular weight is 388 g/mol. The number of piperazine rings is 1. The summed E-state index contributed by atoms with van der Waals surface area (Å²) in [6.07, 6.45) is 1.42. The van der Waals surface area contributed by atoms with Crippen LogP contribution in [0.1, 0.15) is 17.3 Å². The van der Waals surface area contributed by atoms with Crippen molar-refractivity contribution in [1.29, 1.82) is 0 Å². The number of aryl methyl sites for hydroxylation is 1. The second-order valence-corrected chi connectivity index (χ2v) is 7.85. The van der Waals surface area contributed by atoms with Crippen LogP contribution in [0.4, 0.5) is 0 Å². The van der Waals surface area contributed by atoms with Gasteiger partial charge in [-0.1, -0.05) is 23.7 Å². The number of sulfonamides is 1. The van der Waals surface area contributed by atoms with Gasteiger partial charge in [-0.3, -0.25) is 4.98 Å². The van der Waals surface area contributed by atoms with E-state index in [0.717, 1.165) is 11.3 Å². The number of pyridine rings is 1. The number of benzene rings is 1. The van der Waals surface area contributed by atoms with E-state index in [1.54, 1.807) is 18.2 Å². The standard InChI is InChI=1S/C16H18ClN3O2S.ClH/c1-12-5-6-15(10-19-12)23(21,22)20-8-7-18-11-16(20)13-3-2-4-14(17)9-13;/h2-6,9-10,16,18H,7-8,11H2,1H3;1H. The zero-order chi connectivity index (χ0) is 16.4. The SMILES string of the molecule is Cc1ccc(S(=O)(=O)N2CCNCC2c2cccc(Cl)c2)cn1.Cl. The average Bonchev–Trinajstić information content (AvgIpc) is 2.55. The lowest BCUT2D eigenvalue weighted by Crippen LogP contribution is -2.48. The molecule has 1 unspecified atom stereocenters. The maximum Gasteiger partial charge on any atom is 0.245 e. The van der Waals surface area contributed by atoms with E-state index in [9.17, 15) is 8.42 Å². The number of hydrogen-bond acceptors (Lipinski definition) is 4. The first-order chi connectivity index (χ1) is 11.0. The smallest absolute Gasteiger partial charge is 0.245 e. The van der Waals surface area contributed by atoms with Gasteiger partial charge in [0.15, 0.2) is 0 Å². The Labute approximate surface area is 153 Å². The van der Waals surface area contributed by atoms with Crippen LogP contribution < -0.4 is 5.32 Å². The van der Waals surface area contributed by atoms with Gasteiger partial charge in [0.25, 0.3) is 0 Å². The van der Waals surface area contributed by atoms with E-state index >= 15 is 0 Å². The Kier molecular flexibility index (Phi) is 6.22. The number of aromatic nitrogens is 1. The Bertz CT molecular complexity index is 797. The van der Waals surface area contributed by atoms with Crippen molar-refractivity contribution < 1.29 is 8.42 Å². The molecule has 0 saturated carbocycles. The van der Waals surface area contributed by atoms with Gasteiger partial charge in [0, 0.05) is 36.5 Å². The van der Waals surface area contributed by atoms with Crippen molar-refractivity contribution in [3.63, 3.8) is 0 Å². The van der Waals surface area contributed by atoms with Crippen LogP contribution in [0.3, 0.4) is 0 Å². The molecule has 1 aliphatic heterocycles. The van der Waals surface area contributed by atoms with Crippen molar-refractivity contribution in [3.05, 3.63) is 58.9 Å². The zero-order valence-electron chi connectivity index (χ0n) is 13.1. The number of halogens is 2. The largest absolute Gasteiger partial charge is 0.313 e. The van der Waals surface area contributed by atoms with E-state index in [4.69, 9.17) is 11.6 Å². The van der Waals surface area contributed by atoms with E-state index in [0.29, 0.717) is 24.7 Å². The molecule has 1 aliphatic rings. The zero-order valence-corrected chi connectivity index (χ0v) is 15.5. The third-order valence-corrected chi connectivity index (χ3v) is 6.05. The van der Waals surface area contributed by atoms with Gasteiger partial charge >= 0.3 is 0 Å². The summed E-state index contributed by atoms with van der Waals surface area (Å²) in [6.45, 7) is 3.41. The maximum absolute atomic E-state index is 13.0. The molecular weight excluding hydrogens is 369 g/mol. The Morgan fingerprint density at radius 1 is 1.29 bits per heavy atom. The molecule has 1 aromatic heterocycles. The normalized spacial score (nSPS) is 18.8. The molecule has 3 rings (SSSR count).